The molecule has 0 aliphatic rings. The van der Waals surface area contributed by atoms with Gasteiger partial charge in [0, 0.05) is 6.20 Å². The molecule has 1 unspecified atom stereocenters. The number of amides is 1. The number of nitrogens with two attached hydrogens (primary N) is 1. The Kier molecular flexibility index (Phi) is 5.03. The van der Waals surface area contributed by atoms with Crippen LogP contribution >= 0.6 is 0 Å². The fourth-order valence-electron chi connectivity index (χ4n) is 1.41. The quantitative estimate of drug-likeness (QED) is 0.791. The summed E-state index contributed by atoms with van der Waals surface area (Å²) in [5.74, 6) is 0.751. The van der Waals surface area contributed by atoms with E-state index in [1.54, 1.807) is 12.3 Å². The molecule has 0 saturated carbocycles. The molecule has 17 heavy (non-hydrogen) atoms. The van der Waals surface area contributed by atoms with Gasteiger partial charge in [0.1, 0.15) is 5.82 Å². The van der Waals surface area contributed by atoms with Crippen molar-refractivity contribution in [3.63, 3.8) is 0 Å². The van der Waals surface area contributed by atoms with Crippen LogP contribution in [0.5, 0.6) is 0 Å². The molecular weight excluding hydrogens is 216 g/mol. The molecule has 2 atom stereocenters. The molecule has 3 N–H and O–H groups in total. The van der Waals surface area contributed by atoms with Gasteiger partial charge in [-0.2, -0.15) is 0 Å². The summed E-state index contributed by atoms with van der Waals surface area (Å²) in [6, 6.07) is 1.32. The summed E-state index contributed by atoms with van der Waals surface area (Å²) < 4.78 is 0. The lowest BCUT2D eigenvalue weighted by Gasteiger charge is -2.17. The van der Waals surface area contributed by atoms with Crippen molar-refractivity contribution in [1.82, 2.24) is 15.3 Å². The van der Waals surface area contributed by atoms with Gasteiger partial charge in [0.15, 0.2) is 0 Å². The molecule has 5 heteroatoms. The van der Waals surface area contributed by atoms with Gasteiger partial charge in [-0.25, -0.2) is 9.97 Å². The number of rotatable bonds is 5. The molecule has 0 aliphatic carbocycles. The highest BCUT2D eigenvalue weighted by Gasteiger charge is 2.18. The molecule has 1 amide bonds. The Balaban J connectivity index is 2.48. The third-order valence-corrected chi connectivity index (χ3v) is 2.84. The van der Waals surface area contributed by atoms with E-state index in [2.05, 4.69) is 15.3 Å². The third-order valence-electron chi connectivity index (χ3n) is 2.84. The van der Waals surface area contributed by atoms with Gasteiger partial charge in [-0.1, -0.05) is 20.3 Å². The monoisotopic (exact) mass is 236 g/mol. The highest BCUT2D eigenvalue weighted by Crippen LogP contribution is 2.05. The number of aromatic nitrogens is 2. The van der Waals surface area contributed by atoms with E-state index in [0.717, 1.165) is 12.1 Å². The molecule has 0 aromatic carbocycles. The maximum atomic E-state index is 11.7. The van der Waals surface area contributed by atoms with Crippen molar-refractivity contribution >= 4 is 5.91 Å². The van der Waals surface area contributed by atoms with Crippen LogP contribution in [0.15, 0.2) is 12.3 Å². The largest absolute Gasteiger partial charge is 0.349 e. The van der Waals surface area contributed by atoms with E-state index < -0.39 is 6.04 Å². The molecule has 1 aromatic rings. The minimum Gasteiger partial charge on any atom is -0.349 e. The molecule has 1 aromatic heterocycles. The number of hydrogen-bond donors (Lipinski definition) is 2. The highest BCUT2D eigenvalue weighted by atomic mass is 16.2. The van der Waals surface area contributed by atoms with Crippen LogP contribution < -0.4 is 11.1 Å². The van der Waals surface area contributed by atoms with Crippen molar-refractivity contribution in [3.05, 3.63) is 23.8 Å². The Morgan fingerprint density at radius 3 is 2.88 bits per heavy atom. The van der Waals surface area contributed by atoms with E-state index in [9.17, 15) is 4.79 Å². The van der Waals surface area contributed by atoms with E-state index in [0.29, 0.717) is 12.4 Å². The van der Waals surface area contributed by atoms with E-state index in [-0.39, 0.29) is 11.8 Å². The third kappa shape index (κ3) is 4.11. The van der Waals surface area contributed by atoms with Gasteiger partial charge < -0.3 is 11.1 Å². The summed E-state index contributed by atoms with van der Waals surface area (Å²) in [5, 5.41) is 2.79. The maximum absolute atomic E-state index is 11.7. The molecule has 1 rings (SSSR count). The van der Waals surface area contributed by atoms with Crippen LogP contribution in [-0.4, -0.2) is 21.9 Å². The van der Waals surface area contributed by atoms with Crippen LogP contribution in [0.3, 0.4) is 0 Å². The van der Waals surface area contributed by atoms with Crippen LogP contribution in [0.1, 0.15) is 31.8 Å². The van der Waals surface area contributed by atoms with Crippen molar-refractivity contribution in [2.45, 2.75) is 39.8 Å². The number of hydrogen-bond acceptors (Lipinski definition) is 4. The Bertz CT molecular complexity index is 381. The zero-order chi connectivity index (χ0) is 12.8. The summed E-state index contributed by atoms with van der Waals surface area (Å²) >= 11 is 0. The number of nitrogens with zero attached hydrogens (tertiary/aromatic N) is 2. The van der Waals surface area contributed by atoms with Gasteiger partial charge in [0.25, 0.3) is 0 Å². The van der Waals surface area contributed by atoms with E-state index in [1.165, 1.54) is 0 Å². The Morgan fingerprint density at radius 1 is 1.59 bits per heavy atom. The number of aryl methyl sites for hydroxylation is 1. The summed E-state index contributed by atoms with van der Waals surface area (Å²) in [5.41, 5.74) is 6.61. The Hall–Kier alpha value is -1.49. The van der Waals surface area contributed by atoms with Crippen LogP contribution in [0.4, 0.5) is 0 Å². The maximum Gasteiger partial charge on any atom is 0.237 e. The van der Waals surface area contributed by atoms with Crippen molar-refractivity contribution in [2.75, 3.05) is 0 Å². The molecule has 0 fully saturated rings. The lowest BCUT2D eigenvalue weighted by molar-refractivity contribution is -0.123. The van der Waals surface area contributed by atoms with Gasteiger partial charge in [0.05, 0.1) is 18.3 Å². The Labute approximate surface area is 102 Å². The van der Waals surface area contributed by atoms with E-state index in [1.807, 2.05) is 20.8 Å². The topological polar surface area (TPSA) is 80.9 Å². The Morgan fingerprint density at radius 2 is 2.29 bits per heavy atom. The lowest BCUT2D eigenvalue weighted by atomic mass is 9.99. The predicted octanol–water partition coefficient (Wildman–Crippen LogP) is 0.775. The smallest absolute Gasteiger partial charge is 0.237 e. The zero-order valence-electron chi connectivity index (χ0n) is 10.6. The van der Waals surface area contributed by atoms with Gasteiger partial charge in [0.2, 0.25) is 5.91 Å². The molecule has 0 spiro atoms. The molecule has 0 aliphatic heterocycles. The van der Waals surface area contributed by atoms with Gasteiger partial charge in [-0.05, 0) is 18.9 Å². The second-order valence-corrected chi connectivity index (χ2v) is 4.22. The second kappa shape index (κ2) is 6.30. The minimum atomic E-state index is -0.456. The summed E-state index contributed by atoms with van der Waals surface area (Å²) in [7, 11) is 0. The first-order valence-corrected chi connectivity index (χ1v) is 5.86. The van der Waals surface area contributed by atoms with Crippen LogP contribution in [-0.2, 0) is 11.3 Å². The highest BCUT2D eigenvalue weighted by molar-refractivity contribution is 5.81. The first-order valence-electron chi connectivity index (χ1n) is 5.86. The van der Waals surface area contributed by atoms with Crippen molar-refractivity contribution in [1.29, 1.82) is 0 Å². The predicted molar refractivity (Wildman–Crippen MR) is 66.0 cm³/mol. The fourth-order valence-corrected chi connectivity index (χ4v) is 1.41. The first kappa shape index (κ1) is 13.6. The lowest BCUT2D eigenvalue weighted by Crippen LogP contribution is -2.44. The first-order chi connectivity index (χ1) is 8.04. The molecule has 0 saturated heterocycles. The average molecular weight is 236 g/mol. The number of carbonyl (C=O) groups is 1. The molecule has 0 radical (unpaired) electrons. The molecule has 5 nitrogen and oxygen atoms in total. The summed E-state index contributed by atoms with van der Waals surface area (Å²) in [6.45, 7) is 6.20. The minimum absolute atomic E-state index is 0.129. The summed E-state index contributed by atoms with van der Waals surface area (Å²) in [6.07, 6.45) is 2.57. The van der Waals surface area contributed by atoms with Gasteiger partial charge in [-0.3, -0.25) is 4.79 Å². The molecule has 0 bridgehead atoms. The van der Waals surface area contributed by atoms with E-state index in [4.69, 9.17) is 5.73 Å². The van der Waals surface area contributed by atoms with Crippen LogP contribution in [0.2, 0.25) is 0 Å². The van der Waals surface area contributed by atoms with Gasteiger partial charge >= 0.3 is 0 Å². The molecule has 94 valence electrons. The SMILES string of the molecule is CCC(C)[C@H](N)C(=O)NCc1ccnc(C)n1. The van der Waals surface area contributed by atoms with E-state index >= 15 is 0 Å². The number of nitrogens with one attached hydrogen (secondary N) is 1. The van der Waals surface area contributed by atoms with Crippen molar-refractivity contribution in [2.24, 2.45) is 11.7 Å². The van der Waals surface area contributed by atoms with Crippen molar-refractivity contribution in [3.8, 4) is 0 Å². The second-order valence-electron chi connectivity index (χ2n) is 4.22. The standard InChI is InChI=1S/C12H20N4O/c1-4-8(2)11(13)12(17)15-7-10-5-6-14-9(3)16-10/h5-6,8,11H,4,7,13H2,1-3H3,(H,15,17)/t8?,11-/m0/s1. The van der Waals surface area contributed by atoms with Crippen molar-refractivity contribution < 1.29 is 4.79 Å². The average Bonchev–Trinajstić information content (AvgIpc) is 2.34. The molecular formula is C12H20N4O. The van der Waals surface area contributed by atoms with Crippen LogP contribution in [0.25, 0.3) is 0 Å². The fraction of sp³-hybridized carbons (Fsp3) is 0.583. The number of carbonyl (C=O) groups excluding carboxylic acids is 1. The van der Waals surface area contributed by atoms with Gasteiger partial charge in [-0.15, -0.1) is 0 Å². The molecule has 1 heterocycles. The normalized spacial score (nSPS) is 14.1. The van der Waals surface area contributed by atoms with Crippen LogP contribution in [0, 0.1) is 12.8 Å². The zero-order valence-corrected chi connectivity index (χ0v) is 10.6. The summed E-state index contributed by atoms with van der Waals surface area (Å²) in [4.78, 5) is 19.9.